The molecule has 0 aliphatic carbocycles. The molecule has 5 rings (SSSR count). The molecule has 2 N–H and O–H groups in total. The van der Waals surface area contributed by atoms with Gasteiger partial charge in [-0.05, 0) is 24.6 Å². The van der Waals surface area contributed by atoms with Crippen molar-refractivity contribution in [2.75, 3.05) is 27.3 Å². The van der Waals surface area contributed by atoms with Gasteiger partial charge in [-0.15, -0.1) is 0 Å². The Kier molecular flexibility index (Phi) is 4.12. The molecule has 28 heavy (non-hydrogen) atoms. The molecule has 5 atom stereocenters. The summed E-state index contributed by atoms with van der Waals surface area (Å²) in [6.07, 6.45) is 3.77. The highest BCUT2D eigenvalue weighted by Gasteiger charge is 2.49. The Morgan fingerprint density at radius 2 is 2.18 bits per heavy atom. The number of piperidine rings is 1. The van der Waals surface area contributed by atoms with E-state index in [-0.39, 0.29) is 18.0 Å². The molecular weight excluding hydrogens is 356 g/mol. The molecule has 148 valence electrons. The molecule has 3 aliphatic heterocycles. The van der Waals surface area contributed by atoms with E-state index >= 15 is 0 Å². The lowest BCUT2D eigenvalue weighted by molar-refractivity contribution is -0.944. The lowest BCUT2D eigenvalue weighted by Crippen LogP contribution is -3.15. The van der Waals surface area contributed by atoms with E-state index < -0.39 is 0 Å². The number of H-pyrrole nitrogens is 1. The zero-order valence-electron chi connectivity index (χ0n) is 16.6. The maximum absolute atomic E-state index is 12.3. The SMILES string of the molecule is COC(=O)C1=CO[C@@H](C)[C@H]2C[NH+]3CCc4c([nH]c5cc(OC)ccc45)[C@@H]3C[C@H]12. The number of quaternary nitrogens is 1. The second-order valence-electron chi connectivity index (χ2n) is 8.26. The number of aromatic amines is 1. The molecule has 2 aromatic rings. The van der Waals surface area contributed by atoms with E-state index in [2.05, 4.69) is 24.0 Å². The summed E-state index contributed by atoms with van der Waals surface area (Å²) in [6.45, 7) is 4.25. The molecule has 0 bridgehead atoms. The van der Waals surface area contributed by atoms with Gasteiger partial charge in [0.1, 0.15) is 17.9 Å². The van der Waals surface area contributed by atoms with Crippen LogP contribution in [0, 0.1) is 11.8 Å². The molecule has 0 saturated carbocycles. The van der Waals surface area contributed by atoms with E-state index in [1.54, 1.807) is 18.3 Å². The molecule has 6 nitrogen and oxygen atoms in total. The fourth-order valence-electron chi connectivity index (χ4n) is 5.55. The zero-order valence-corrected chi connectivity index (χ0v) is 16.6. The van der Waals surface area contributed by atoms with E-state index in [0.717, 1.165) is 37.2 Å². The molecule has 0 spiro atoms. The van der Waals surface area contributed by atoms with Crippen molar-refractivity contribution in [3.8, 4) is 5.75 Å². The average molecular weight is 383 g/mol. The quantitative estimate of drug-likeness (QED) is 0.776. The van der Waals surface area contributed by atoms with Gasteiger partial charge < -0.3 is 24.1 Å². The topological polar surface area (TPSA) is 65.0 Å². The zero-order chi connectivity index (χ0) is 19.4. The van der Waals surface area contributed by atoms with Crippen LogP contribution in [0.3, 0.4) is 0 Å². The van der Waals surface area contributed by atoms with Crippen molar-refractivity contribution in [2.24, 2.45) is 11.8 Å². The van der Waals surface area contributed by atoms with Gasteiger partial charge in [0, 0.05) is 35.7 Å². The van der Waals surface area contributed by atoms with Crippen molar-refractivity contribution >= 4 is 16.9 Å². The van der Waals surface area contributed by atoms with E-state index in [1.165, 1.54) is 23.8 Å². The number of rotatable bonds is 2. The molecule has 6 heteroatoms. The molecule has 1 aromatic carbocycles. The fourth-order valence-corrected chi connectivity index (χ4v) is 5.55. The van der Waals surface area contributed by atoms with Gasteiger partial charge in [0.15, 0.2) is 0 Å². The van der Waals surface area contributed by atoms with Crippen molar-refractivity contribution in [2.45, 2.75) is 31.9 Å². The Morgan fingerprint density at radius 1 is 1.32 bits per heavy atom. The highest BCUT2D eigenvalue weighted by molar-refractivity contribution is 5.89. The third kappa shape index (κ3) is 2.54. The van der Waals surface area contributed by atoms with E-state index in [1.807, 2.05) is 6.07 Å². The van der Waals surface area contributed by atoms with Gasteiger partial charge in [-0.3, -0.25) is 0 Å². The molecule has 3 aliphatic rings. The van der Waals surface area contributed by atoms with Crippen molar-refractivity contribution in [1.82, 2.24) is 4.98 Å². The van der Waals surface area contributed by atoms with Gasteiger partial charge in [-0.25, -0.2) is 4.79 Å². The summed E-state index contributed by atoms with van der Waals surface area (Å²) in [6, 6.07) is 6.64. The first-order valence-corrected chi connectivity index (χ1v) is 10.1. The molecule has 4 heterocycles. The van der Waals surface area contributed by atoms with Crippen LogP contribution in [0.25, 0.3) is 10.9 Å². The lowest BCUT2D eigenvalue weighted by atomic mass is 9.72. The summed E-state index contributed by atoms with van der Waals surface area (Å²) < 4.78 is 16.2. The van der Waals surface area contributed by atoms with Crippen molar-refractivity contribution in [3.05, 3.63) is 41.3 Å². The molecule has 1 fully saturated rings. The lowest BCUT2D eigenvalue weighted by Gasteiger charge is -2.46. The normalized spacial score (nSPS) is 31.1. The van der Waals surface area contributed by atoms with E-state index in [4.69, 9.17) is 14.2 Å². The van der Waals surface area contributed by atoms with E-state index in [0.29, 0.717) is 17.5 Å². The third-order valence-corrected chi connectivity index (χ3v) is 7.02. The molecule has 0 radical (unpaired) electrons. The Balaban J connectivity index is 1.54. The van der Waals surface area contributed by atoms with Gasteiger partial charge >= 0.3 is 5.97 Å². The second-order valence-corrected chi connectivity index (χ2v) is 8.26. The smallest absolute Gasteiger partial charge is 0.337 e. The number of methoxy groups -OCH3 is 2. The fraction of sp³-hybridized carbons (Fsp3) is 0.500. The van der Waals surface area contributed by atoms with Gasteiger partial charge in [0.05, 0.1) is 50.8 Å². The number of fused-ring (bicyclic) bond motifs is 6. The molecule has 1 saturated heterocycles. The number of hydrogen-bond donors (Lipinski definition) is 2. The van der Waals surface area contributed by atoms with Crippen LogP contribution in [0.5, 0.6) is 5.75 Å². The van der Waals surface area contributed by atoms with Crippen LogP contribution in [0.4, 0.5) is 0 Å². The minimum absolute atomic E-state index is 0.125. The first kappa shape index (κ1) is 17.6. The monoisotopic (exact) mass is 383 g/mol. The number of aromatic nitrogens is 1. The van der Waals surface area contributed by atoms with Crippen LogP contribution < -0.4 is 9.64 Å². The van der Waals surface area contributed by atoms with Crippen LogP contribution in [-0.4, -0.2) is 44.4 Å². The maximum Gasteiger partial charge on any atom is 0.337 e. The summed E-state index contributed by atoms with van der Waals surface area (Å²) in [5.41, 5.74) is 4.58. The summed E-state index contributed by atoms with van der Waals surface area (Å²) in [4.78, 5) is 17.6. The third-order valence-electron chi connectivity index (χ3n) is 7.02. The molecule has 0 amide bonds. The minimum Gasteiger partial charge on any atom is -0.497 e. The van der Waals surface area contributed by atoms with Crippen LogP contribution in [0.1, 0.15) is 30.6 Å². The number of benzene rings is 1. The number of nitrogens with one attached hydrogen (secondary N) is 2. The predicted molar refractivity (Wildman–Crippen MR) is 104 cm³/mol. The Labute approximate surface area is 164 Å². The van der Waals surface area contributed by atoms with Crippen molar-refractivity contribution < 1.29 is 23.9 Å². The largest absolute Gasteiger partial charge is 0.497 e. The first-order chi connectivity index (χ1) is 13.6. The summed E-state index contributed by atoms with van der Waals surface area (Å²) in [5, 5.41) is 1.29. The van der Waals surface area contributed by atoms with Gasteiger partial charge in [-0.1, -0.05) is 0 Å². The second kappa shape index (κ2) is 6.55. The predicted octanol–water partition coefficient (Wildman–Crippen LogP) is 1.77. The minimum atomic E-state index is -0.261. The molecule has 1 aromatic heterocycles. The Morgan fingerprint density at radius 3 is 2.96 bits per heavy atom. The summed E-state index contributed by atoms with van der Waals surface area (Å²) >= 11 is 0. The number of carbonyl (C=O) groups is 1. The average Bonchev–Trinajstić information content (AvgIpc) is 3.10. The van der Waals surface area contributed by atoms with E-state index in [9.17, 15) is 4.79 Å². The number of esters is 1. The molecule has 1 unspecified atom stereocenters. The van der Waals surface area contributed by atoms with Crippen molar-refractivity contribution in [1.29, 1.82) is 0 Å². The molecular formula is C22H27N2O4+. The highest BCUT2D eigenvalue weighted by atomic mass is 16.5. The number of carbonyl (C=O) groups excluding carboxylic acids is 1. The maximum atomic E-state index is 12.3. The van der Waals surface area contributed by atoms with Crippen LogP contribution >= 0.6 is 0 Å². The van der Waals surface area contributed by atoms with Gasteiger partial charge in [0.2, 0.25) is 0 Å². The van der Waals surface area contributed by atoms with Gasteiger partial charge in [0.25, 0.3) is 0 Å². The highest BCUT2D eigenvalue weighted by Crippen LogP contribution is 2.41. The standard InChI is InChI=1S/C22H26N2O4/c1-12-17-10-24-7-6-15-14-5-4-13(26-2)8-19(14)23-21(15)20(24)9-16(17)18(11-28-12)22(25)27-3/h4-5,8,11-12,16-17,20,23H,6-7,9-10H2,1-3H3/p+1/t12-,16-,17+,20-/m0/s1. The number of hydrogen-bond acceptors (Lipinski definition) is 4. The van der Waals surface area contributed by atoms with Crippen LogP contribution in [0.15, 0.2) is 30.0 Å². The van der Waals surface area contributed by atoms with Gasteiger partial charge in [-0.2, -0.15) is 0 Å². The van der Waals surface area contributed by atoms with Crippen LogP contribution in [-0.2, 0) is 20.7 Å². The van der Waals surface area contributed by atoms with Crippen molar-refractivity contribution in [3.63, 3.8) is 0 Å². The summed E-state index contributed by atoms with van der Waals surface area (Å²) in [7, 11) is 3.14. The first-order valence-electron chi connectivity index (χ1n) is 10.1. The Hall–Kier alpha value is -2.47. The van der Waals surface area contributed by atoms with Crippen LogP contribution in [0.2, 0.25) is 0 Å². The Bertz CT molecular complexity index is 963. The summed E-state index contributed by atoms with van der Waals surface area (Å²) in [5.74, 6) is 1.13. The number of ether oxygens (including phenoxy) is 3.